The lowest BCUT2D eigenvalue weighted by Crippen LogP contribution is -2.25. The summed E-state index contributed by atoms with van der Waals surface area (Å²) in [4.78, 5) is 25.9. The van der Waals surface area contributed by atoms with Crippen LogP contribution in [-0.4, -0.2) is 36.3 Å². The number of cyclic esters (lactones) is 1. The maximum atomic E-state index is 12.0. The number of carbonyl (C=O) groups excluding carboxylic acids is 2. The molecule has 0 spiro atoms. The molecule has 4 nitrogen and oxygen atoms in total. The summed E-state index contributed by atoms with van der Waals surface area (Å²) in [6, 6.07) is 5.12. The van der Waals surface area contributed by atoms with E-state index in [1.54, 1.807) is 39.2 Å². The minimum atomic E-state index is -0.361. The van der Waals surface area contributed by atoms with E-state index in [-0.39, 0.29) is 17.3 Å². The van der Waals surface area contributed by atoms with Gasteiger partial charge in [-0.25, -0.2) is 4.79 Å². The van der Waals surface area contributed by atoms with Crippen LogP contribution in [0.5, 0.6) is 0 Å². The third-order valence-corrected chi connectivity index (χ3v) is 3.53. The predicted molar refractivity (Wildman–Crippen MR) is 65.2 cm³/mol. The van der Waals surface area contributed by atoms with Crippen molar-refractivity contribution in [3.05, 3.63) is 29.3 Å². The molecule has 2 rings (SSSR count). The molecular weight excluding hydrogens is 238 g/mol. The molecule has 0 bridgehead atoms. The fourth-order valence-corrected chi connectivity index (χ4v) is 2.67. The Morgan fingerprint density at radius 3 is 2.76 bits per heavy atom. The third kappa shape index (κ3) is 2.15. The quantitative estimate of drug-likeness (QED) is 0.716. The fourth-order valence-electron chi connectivity index (χ4n) is 1.64. The Bertz CT molecular complexity index is 485. The average Bonchev–Trinajstić information content (AvgIpc) is 2.27. The first-order chi connectivity index (χ1) is 8.00. The van der Waals surface area contributed by atoms with Gasteiger partial charge in [-0.2, -0.15) is 0 Å². The molecule has 0 fully saturated rings. The zero-order valence-corrected chi connectivity index (χ0v) is 10.7. The van der Waals surface area contributed by atoms with E-state index < -0.39 is 0 Å². The van der Waals surface area contributed by atoms with Gasteiger partial charge in [-0.1, -0.05) is 17.8 Å². The lowest BCUT2D eigenvalue weighted by molar-refractivity contribution is 0.0465. The van der Waals surface area contributed by atoms with Crippen molar-refractivity contribution in [3.8, 4) is 0 Å². The third-order valence-electron chi connectivity index (χ3n) is 2.43. The van der Waals surface area contributed by atoms with Crippen LogP contribution in [0.1, 0.15) is 27.6 Å². The second kappa shape index (κ2) is 4.41. The van der Waals surface area contributed by atoms with Crippen LogP contribution >= 0.6 is 11.8 Å². The number of hydrogen-bond acceptors (Lipinski definition) is 4. The van der Waals surface area contributed by atoms with Crippen molar-refractivity contribution in [2.24, 2.45) is 0 Å². The average molecular weight is 251 g/mol. The molecule has 1 aliphatic heterocycles. The van der Waals surface area contributed by atoms with Gasteiger partial charge >= 0.3 is 5.97 Å². The molecule has 1 aromatic rings. The minimum absolute atomic E-state index is 0.101. The molecule has 0 N–H and O–H groups in total. The summed E-state index contributed by atoms with van der Waals surface area (Å²) >= 11 is 1.40. The van der Waals surface area contributed by atoms with E-state index in [2.05, 4.69) is 0 Å². The molecule has 1 atom stereocenters. The maximum Gasteiger partial charge on any atom is 0.340 e. The van der Waals surface area contributed by atoms with E-state index in [9.17, 15) is 9.59 Å². The topological polar surface area (TPSA) is 46.6 Å². The maximum absolute atomic E-state index is 12.0. The lowest BCUT2D eigenvalue weighted by atomic mass is 10.1. The van der Waals surface area contributed by atoms with Gasteiger partial charge in [0, 0.05) is 19.0 Å². The number of carbonyl (C=O) groups is 2. The molecule has 0 aliphatic carbocycles. The lowest BCUT2D eigenvalue weighted by Gasteiger charge is -2.23. The van der Waals surface area contributed by atoms with Crippen molar-refractivity contribution in [2.45, 2.75) is 17.3 Å². The highest BCUT2D eigenvalue weighted by molar-refractivity contribution is 8.00. The van der Waals surface area contributed by atoms with Crippen LogP contribution in [0.3, 0.4) is 0 Å². The van der Waals surface area contributed by atoms with Crippen molar-refractivity contribution in [1.82, 2.24) is 4.90 Å². The molecule has 1 aliphatic rings. The summed E-state index contributed by atoms with van der Waals surface area (Å²) < 4.78 is 5.11. The van der Waals surface area contributed by atoms with Gasteiger partial charge in [0.05, 0.1) is 11.1 Å². The Labute approximate surface area is 104 Å². The Morgan fingerprint density at radius 1 is 1.41 bits per heavy atom. The Morgan fingerprint density at radius 2 is 2.12 bits per heavy atom. The van der Waals surface area contributed by atoms with Crippen molar-refractivity contribution in [2.75, 3.05) is 14.1 Å². The van der Waals surface area contributed by atoms with Gasteiger partial charge in [0.15, 0.2) is 0 Å². The number of ether oxygens (including phenoxy) is 1. The van der Waals surface area contributed by atoms with E-state index in [0.29, 0.717) is 11.1 Å². The van der Waals surface area contributed by atoms with Gasteiger partial charge < -0.3 is 9.64 Å². The van der Waals surface area contributed by atoms with Gasteiger partial charge in [-0.15, -0.1) is 0 Å². The van der Waals surface area contributed by atoms with Crippen LogP contribution in [0, 0.1) is 0 Å². The number of amides is 1. The summed E-state index contributed by atoms with van der Waals surface area (Å²) in [5.41, 5.74) is 0.771. The number of benzene rings is 1. The molecule has 5 heteroatoms. The number of rotatable bonds is 1. The molecule has 0 saturated carbocycles. The van der Waals surface area contributed by atoms with E-state index in [0.717, 1.165) is 4.90 Å². The van der Waals surface area contributed by atoms with Crippen LogP contribution in [-0.2, 0) is 4.74 Å². The molecule has 1 aromatic carbocycles. The highest BCUT2D eigenvalue weighted by Gasteiger charge is 2.28. The van der Waals surface area contributed by atoms with Crippen LogP contribution < -0.4 is 0 Å². The van der Waals surface area contributed by atoms with Crippen molar-refractivity contribution >= 4 is 23.6 Å². The second-order valence-electron chi connectivity index (χ2n) is 3.97. The van der Waals surface area contributed by atoms with Gasteiger partial charge in [0.1, 0.15) is 5.44 Å². The SMILES string of the molecule is CC1OC(=O)c2cccc(C(=O)N(C)C)c2S1. The first kappa shape index (κ1) is 12.0. The smallest absolute Gasteiger partial charge is 0.340 e. The Hall–Kier alpha value is -1.49. The second-order valence-corrected chi connectivity index (χ2v) is 5.28. The van der Waals surface area contributed by atoms with Crippen molar-refractivity contribution < 1.29 is 14.3 Å². The largest absolute Gasteiger partial charge is 0.448 e. The van der Waals surface area contributed by atoms with E-state index >= 15 is 0 Å². The summed E-state index contributed by atoms with van der Waals surface area (Å²) in [5.74, 6) is -0.462. The summed E-state index contributed by atoms with van der Waals surface area (Å²) in [6.07, 6.45) is 0. The van der Waals surface area contributed by atoms with Crippen LogP contribution in [0.2, 0.25) is 0 Å². The minimum Gasteiger partial charge on any atom is -0.448 e. The molecule has 17 heavy (non-hydrogen) atoms. The monoisotopic (exact) mass is 251 g/mol. The van der Waals surface area contributed by atoms with Crippen LogP contribution in [0.25, 0.3) is 0 Å². The van der Waals surface area contributed by atoms with Gasteiger partial charge in [-0.05, 0) is 19.1 Å². The zero-order chi connectivity index (χ0) is 12.6. The van der Waals surface area contributed by atoms with Crippen molar-refractivity contribution in [1.29, 1.82) is 0 Å². The normalized spacial score (nSPS) is 18.3. The zero-order valence-electron chi connectivity index (χ0n) is 9.89. The number of fused-ring (bicyclic) bond motifs is 1. The number of thioether (sulfide) groups is 1. The number of nitrogens with zero attached hydrogens (tertiary/aromatic N) is 1. The molecule has 0 aromatic heterocycles. The van der Waals surface area contributed by atoms with E-state index in [1.807, 2.05) is 0 Å². The predicted octanol–water partition coefficient (Wildman–Crippen LogP) is 2.00. The summed E-state index contributed by atoms with van der Waals surface area (Å²) in [6.45, 7) is 1.79. The molecule has 0 saturated heterocycles. The molecule has 1 unspecified atom stereocenters. The first-order valence-corrected chi connectivity index (χ1v) is 6.11. The van der Waals surface area contributed by atoms with Crippen LogP contribution in [0.15, 0.2) is 23.1 Å². The van der Waals surface area contributed by atoms with Crippen molar-refractivity contribution in [3.63, 3.8) is 0 Å². The van der Waals surface area contributed by atoms with Gasteiger partial charge in [-0.3, -0.25) is 4.79 Å². The standard InChI is InChI=1S/C12H13NO3S/c1-7-16-12(15)9-6-4-5-8(10(9)17-7)11(14)13(2)3/h4-7H,1-3H3. The highest BCUT2D eigenvalue weighted by atomic mass is 32.2. The molecule has 0 radical (unpaired) electrons. The molecular formula is C12H13NO3S. The number of hydrogen-bond donors (Lipinski definition) is 0. The molecule has 1 amide bonds. The fraction of sp³-hybridized carbons (Fsp3) is 0.333. The summed E-state index contributed by atoms with van der Waals surface area (Å²) in [5, 5.41) is 0. The highest BCUT2D eigenvalue weighted by Crippen LogP contribution is 2.36. The summed E-state index contributed by atoms with van der Waals surface area (Å²) in [7, 11) is 3.38. The first-order valence-electron chi connectivity index (χ1n) is 5.23. The molecule has 90 valence electrons. The van der Waals surface area contributed by atoms with E-state index in [4.69, 9.17) is 4.74 Å². The van der Waals surface area contributed by atoms with E-state index in [1.165, 1.54) is 16.7 Å². The Balaban J connectivity index is 2.53. The van der Waals surface area contributed by atoms with Gasteiger partial charge in [0.2, 0.25) is 0 Å². The van der Waals surface area contributed by atoms with Gasteiger partial charge in [0.25, 0.3) is 5.91 Å². The van der Waals surface area contributed by atoms with Crippen LogP contribution in [0.4, 0.5) is 0 Å². The molecule has 1 heterocycles. The number of esters is 1. The Kier molecular flexibility index (Phi) is 3.11.